The maximum atomic E-state index is 10.8. The fraction of sp³-hybridized carbons (Fsp3) is 0.500. The zero-order valence-corrected chi connectivity index (χ0v) is 11.5. The Hall–Kier alpha value is -2.15. The third kappa shape index (κ3) is 2.23. The van der Waals surface area contributed by atoms with E-state index in [0.29, 0.717) is 29.2 Å². The van der Waals surface area contributed by atoms with E-state index in [4.69, 9.17) is 4.42 Å². The molecule has 0 amide bonds. The fourth-order valence-electron chi connectivity index (χ4n) is 3.27. The van der Waals surface area contributed by atoms with Gasteiger partial charge in [-0.1, -0.05) is 0 Å². The van der Waals surface area contributed by atoms with Crippen LogP contribution in [-0.2, 0) is 0 Å². The number of non-ortho nitro benzene ring substituents is 1. The van der Waals surface area contributed by atoms with Crippen molar-refractivity contribution < 1.29 is 9.34 Å². The van der Waals surface area contributed by atoms with E-state index in [9.17, 15) is 10.1 Å². The van der Waals surface area contributed by atoms with Gasteiger partial charge in [-0.25, -0.2) is 0 Å². The van der Waals surface area contributed by atoms with Gasteiger partial charge in [0.25, 0.3) is 11.7 Å². The van der Waals surface area contributed by atoms with Crippen LogP contribution in [0.3, 0.4) is 0 Å². The number of anilines is 1. The third-order valence-electron chi connectivity index (χ3n) is 4.37. The van der Waals surface area contributed by atoms with Gasteiger partial charge in [-0.3, -0.25) is 10.1 Å². The number of nitrogens with zero attached hydrogens (tertiary/aromatic N) is 3. The molecule has 0 radical (unpaired) electrons. The topological polar surface area (TPSA) is 84.4 Å². The van der Waals surface area contributed by atoms with Crippen LogP contribution in [0.5, 0.6) is 0 Å². The molecule has 2 fully saturated rings. The average molecular weight is 288 g/mol. The van der Waals surface area contributed by atoms with Crippen LogP contribution in [0, 0.1) is 10.1 Å². The van der Waals surface area contributed by atoms with Gasteiger partial charge in [-0.15, -0.1) is 0 Å². The number of fused-ring (bicyclic) bond motifs is 3. The van der Waals surface area contributed by atoms with E-state index in [0.717, 1.165) is 19.5 Å². The van der Waals surface area contributed by atoms with Gasteiger partial charge in [0, 0.05) is 31.2 Å². The van der Waals surface area contributed by atoms with Crippen LogP contribution in [0.2, 0.25) is 0 Å². The number of hydrogen-bond donors (Lipinski definition) is 1. The van der Waals surface area contributed by atoms with Crippen molar-refractivity contribution in [3.05, 3.63) is 28.3 Å². The molecule has 2 saturated heterocycles. The zero-order valence-electron chi connectivity index (χ0n) is 11.5. The Balaban J connectivity index is 1.65. The van der Waals surface area contributed by atoms with Crippen LogP contribution >= 0.6 is 0 Å². The van der Waals surface area contributed by atoms with Gasteiger partial charge in [0.15, 0.2) is 5.58 Å². The first-order valence-corrected chi connectivity index (χ1v) is 7.25. The van der Waals surface area contributed by atoms with E-state index in [1.54, 1.807) is 6.07 Å². The van der Waals surface area contributed by atoms with Gasteiger partial charge >= 0.3 is 0 Å². The number of oxazole rings is 1. The number of nitro groups is 1. The van der Waals surface area contributed by atoms with Crippen molar-refractivity contribution >= 4 is 22.8 Å². The Morgan fingerprint density at radius 3 is 3.05 bits per heavy atom. The summed E-state index contributed by atoms with van der Waals surface area (Å²) in [4.78, 5) is 17.0. The van der Waals surface area contributed by atoms with Crippen molar-refractivity contribution in [2.45, 2.75) is 31.3 Å². The SMILES string of the molecule is O=[N+]([O-])c1ccc2nc(N3CCC4CCC(C3)N4)oc2c1. The molecule has 0 spiro atoms. The molecule has 2 unspecified atom stereocenters. The van der Waals surface area contributed by atoms with Gasteiger partial charge in [0.2, 0.25) is 0 Å². The van der Waals surface area contributed by atoms with Crippen LogP contribution in [0.1, 0.15) is 19.3 Å². The standard InChI is InChI=1S/C14H16N4O3/c19-18(20)11-3-4-12-13(7-11)21-14(16-12)17-6-5-9-1-2-10(8-17)15-9/h3-4,7,9-10,15H,1-2,5-6,8H2. The van der Waals surface area contributed by atoms with Crippen molar-refractivity contribution in [3.8, 4) is 0 Å². The summed E-state index contributed by atoms with van der Waals surface area (Å²) in [7, 11) is 0. The summed E-state index contributed by atoms with van der Waals surface area (Å²) in [5, 5.41) is 14.4. The summed E-state index contributed by atoms with van der Waals surface area (Å²) in [6.45, 7) is 1.79. The second-order valence-corrected chi connectivity index (χ2v) is 5.78. The number of rotatable bonds is 2. The van der Waals surface area contributed by atoms with Crippen molar-refractivity contribution in [1.82, 2.24) is 10.3 Å². The first-order valence-electron chi connectivity index (χ1n) is 7.25. The van der Waals surface area contributed by atoms with E-state index < -0.39 is 4.92 Å². The zero-order chi connectivity index (χ0) is 14.4. The van der Waals surface area contributed by atoms with E-state index in [1.165, 1.54) is 25.0 Å². The minimum Gasteiger partial charge on any atom is -0.423 e. The second-order valence-electron chi connectivity index (χ2n) is 5.78. The highest BCUT2D eigenvalue weighted by Crippen LogP contribution is 2.28. The maximum absolute atomic E-state index is 10.8. The number of hydrogen-bond acceptors (Lipinski definition) is 6. The van der Waals surface area contributed by atoms with Gasteiger partial charge < -0.3 is 14.6 Å². The molecule has 3 heterocycles. The van der Waals surface area contributed by atoms with Gasteiger partial charge in [-0.2, -0.15) is 4.98 Å². The summed E-state index contributed by atoms with van der Waals surface area (Å²) in [5.41, 5.74) is 1.17. The smallest absolute Gasteiger partial charge is 0.298 e. The predicted octanol–water partition coefficient (Wildman–Crippen LogP) is 2.07. The Morgan fingerprint density at radius 1 is 1.33 bits per heavy atom. The number of nitrogens with one attached hydrogen (secondary N) is 1. The second kappa shape index (κ2) is 4.70. The lowest BCUT2D eigenvalue weighted by atomic mass is 10.1. The molecule has 2 aliphatic rings. The molecular formula is C14H16N4O3. The van der Waals surface area contributed by atoms with Crippen LogP contribution in [0.15, 0.2) is 22.6 Å². The van der Waals surface area contributed by atoms with Crippen LogP contribution in [-0.4, -0.2) is 35.1 Å². The molecule has 2 aliphatic heterocycles. The molecule has 2 aromatic rings. The Morgan fingerprint density at radius 2 is 2.19 bits per heavy atom. The maximum Gasteiger partial charge on any atom is 0.298 e. The molecule has 0 saturated carbocycles. The van der Waals surface area contributed by atoms with Crippen molar-refractivity contribution in [2.24, 2.45) is 0 Å². The number of benzene rings is 1. The average Bonchev–Trinajstić information content (AvgIpc) is 3.01. The van der Waals surface area contributed by atoms with Crippen LogP contribution < -0.4 is 10.2 Å². The number of nitro benzene ring substituents is 1. The van der Waals surface area contributed by atoms with Gasteiger partial charge in [-0.05, 0) is 25.3 Å². The third-order valence-corrected chi connectivity index (χ3v) is 4.37. The van der Waals surface area contributed by atoms with E-state index in [-0.39, 0.29) is 5.69 Å². The highest BCUT2D eigenvalue weighted by molar-refractivity contribution is 5.77. The summed E-state index contributed by atoms with van der Waals surface area (Å²) in [6, 6.07) is 6.20. The Kier molecular flexibility index (Phi) is 2.81. The van der Waals surface area contributed by atoms with Crippen LogP contribution in [0.25, 0.3) is 11.1 Å². The highest BCUT2D eigenvalue weighted by atomic mass is 16.6. The van der Waals surface area contributed by atoms with E-state index in [1.807, 2.05) is 0 Å². The van der Waals surface area contributed by atoms with Crippen molar-refractivity contribution in [3.63, 3.8) is 0 Å². The lowest BCUT2D eigenvalue weighted by molar-refractivity contribution is -0.384. The Labute approximate surface area is 121 Å². The summed E-state index contributed by atoms with van der Waals surface area (Å²) in [5.74, 6) is 0. The lowest BCUT2D eigenvalue weighted by Gasteiger charge is -2.21. The van der Waals surface area contributed by atoms with Crippen molar-refractivity contribution in [2.75, 3.05) is 18.0 Å². The summed E-state index contributed by atoms with van der Waals surface area (Å²) >= 11 is 0. The normalized spacial score (nSPS) is 25.2. The molecule has 1 aromatic carbocycles. The highest BCUT2D eigenvalue weighted by Gasteiger charge is 2.31. The molecule has 21 heavy (non-hydrogen) atoms. The van der Waals surface area contributed by atoms with E-state index >= 15 is 0 Å². The molecule has 7 heteroatoms. The van der Waals surface area contributed by atoms with Crippen LogP contribution in [0.4, 0.5) is 11.7 Å². The van der Waals surface area contributed by atoms with E-state index in [2.05, 4.69) is 15.2 Å². The quantitative estimate of drug-likeness (QED) is 0.672. The first kappa shape index (κ1) is 12.6. The molecule has 7 nitrogen and oxygen atoms in total. The molecule has 1 aromatic heterocycles. The molecule has 0 aliphatic carbocycles. The lowest BCUT2D eigenvalue weighted by Crippen LogP contribution is -2.35. The summed E-state index contributed by atoms with van der Waals surface area (Å²) in [6.07, 6.45) is 3.51. The minimum absolute atomic E-state index is 0.0294. The van der Waals surface area contributed by atoms with Gasteiger partial charge in [0.05, 0.1) is 11.0 Å². The molecule has 2 bridgehead atoms. The first-order chi connectivity index (χ1) is 10.2. The molecular weight excluding hydrogens is 272 g/mol. The molecule has 4 rings (SSSR count). The molecule has 110 valence electrons. The number of aromatic nitrogens is 1. The largest absolute Gasteiger partial charge is 0.423 e. The molecule has 2 atom stereocenters. The fourth-order valence-corrected chi connectivity index (χ4v) is 3.27. The molecule has 1 N–H and O–H groups in total. The summed E-state index contributed by atoms with van der Waals surface area (Å²) < 4.78 is 5.74. The minimum atomic E-state index is -0.420. The monoisotopic (exact) mass is 288 g/mol. The van der Waals surface area contributed by atoms with Gasteiger partial charge in [0.1, 0.15) is 5.52 Å². The van der Waals surface area contributed by atoms with Crippen molar-refractivity contribution in [1.29, 1.82) is 0 Å². The predicted molar refractivity (Wildman–Crippen MR) is 77.4 cm³/mol. The Bertz CT molecular complexity index is 699.